The normalized spacial score (nSPS) is 16.7. The first-order valence-corrected chi connectivity index (χ1v) is 11.1. The van der Waals surface area contributed by atoms with E-state index in [1.54, 1.807) is 13.8 Å². The van der Waals surface area contributed by atoms with Gasteiger partial charge in [0, 0.05) is 18.7 Å². The largest absolute Gasteiger partial charge is 0.416 e. The van der Waals surface area contributed by atoms with E-state index in [1.807, 2.05) is 0 Å². The third-order valence-electron chi connectivity index (χ3n) is 5.12. The Morgan fingerprint density at radius 3 is 2.45 bits per heavy atom. The highest BCUT2D eigenvalue weighted by Crippen LogP contribution is 2.31. The highest BCUT2D eigenvalue weighted by Gasteiger charge is 2.31. The second-order valence-corrected chi connectivity index (χ2v) is 9.25. The molecule has 0 aliphatic carbocycles. The van der Waals surface area contributed by atoms with Crippen molar-refractivity contribution in [3.63, 3.8) is 0 Å². The molecule has 0 bridgehead atoms. The number of rotatable bonds is 5. The third kappa shape index (κ3) is 5.25. The van der Waals surface area contributed by atoms with E-state index in [9.17, 15) is 26.4 Å². The molecular weight excluding hydrogens is 433 g/mol. The average molecular weight is 456 g/mol. The molecule has 1 aliphatic heterocycles. The van der Waals surface area contributed by atoms with Crippen LogP contribution in [0.25, 0.3) is 0 Å². The van der Waals surface area contributed by atoms with Gasteiger partial charge in [0.15, 0.2) is 0 Å². The van der Waals surface area contributed by atoms with Crippen molar-refractivity contribution >= 4 is 15.9 Å². The van der Waals surface area contributed by atoms with E-state index >= 15 is 0 Å². The molecule has 1 N–H and O–H groups in total. The highest BCUT2D eigenvalue weighted by molar-refractivity contribution is 7.89. The minimum atomic E-state index is -4.49. The fourth-order valence-corrected chi connectivity index (χ4v) is 4.72. The predicted octanol–water partition coefficient (Wildman–Crippen LogP) is 3.53. The van der Waals surface area contributed by atoms with Crippen molar-refractivity contribution < 1.29 is 31.1 Å². The monoisotopic (exact) mass is 456 g/mol. The fraction of sp³-hybridized carbons (Fsp3) is 0.381. The van der Waals surface area contributed by atoms with Gasteiger partial charge in [0.2, 0.25) is 10.0 Å². The van der Waals surface area contributed by atoms with E-state index in [2.05, 4.69) is 5.32 Å². The van der Waals surface area contributed by atoms with Crippen molar-refractivity contribution in [2.24, 2.45) is 0 Å². The van der Waals surface area contributed by atoms with E-state index in [4.69, 9.17) is 4.74 Å². The van der Waals surface area contributed by atoms with Gasteiger partial charge in [-0.3, -0.25) is 4.79 Å². The molecule has 10 heteroatoms. The van der Waals surface area contributed by atoms with Crippen LogP contribution >= 0.6 is 0 Å². The molecule has 1 unspecified atom stereocenters. The predicted molar refractivity (Wildman–Crippen MR) is 108 cm³/mol. The molecule has 0 saturated carbocycles. The molecule has 0 aromatic heterocycles. The van der Waals surface area contributed by atoms with Crippen LogP contribution in [0.1, 0.15) is 40.0 Å². The Morgan fingerprint density at radius 2 is 1.81 bits per heavy atom. The van der Waals surface area contributed by atoms with Crippen molar-refractivity contribution in [2.45, 2.75) is 31.0 Å². The van der Waals surface area contributed by atoms with E-state index in [1.165, 1.54) is 34.6 Å². The lowest BCUT2D eigenvalue weighted by molar-refractivity contribution is -0.137. The molecule has 1 heterocycles. The standard InChI is InChI=1S/C21H23F3N2O4S/c1-14-6-7-18(31(28,29)26-8-10-30-11-9-26)13-19(14)20(27)25-15(2)16-4-3-5-17(12-16)21(22,23)24/h3-7,12-13,15H,8-11H2,1-2H3,(H,25,27). The summed E-state index contributed by atoms with van der Waals surface area (Å²) in [6.45, 7) is 4.28. The molecule has 2 aromatic carbocycles. The van der Waals surface area contributed by atoms with Crippen molar-refractivity contribution in [3.05, 3.63) is 64.7 Å². The summed E-state index contributed by atoms with van der Waals surface area (Å²) in [5, 5.41) is 2.66. The molecule has 0 radical (unpaired) electrons. The Labute approximate surface area is 179 Å². The van der Waals surface area contributed by atoms with Gasteiger partial charge in [-0.05, 0) is 49.2 Å². The number of sulfonamides is 1. The molecule has 1 amide bonds. The number of hydrogen-bond donors (Lipinski definition) is 1. The number of nitrogens with zero attached hydrogens (tertiary/aromatic N) is 1. The number of carbonyl (C=O) groups is 1. The molecule has 1 aliphatic rings. The van der Waals surface area contributed by atoms with Crippen LogP contribution in [0.15, 0.2) is 47.4 Å². The van der Waals surface area contributed by atoms with Gasteiger partial charge in [-0.1, -0.05) is 18.2 Å². The molecule has 1 atom stereocenters. The molecule has 2 aromatic rings. The number of aryl methyl sites for hydroxylation is 1. The SMILES string of the molecule is Cc1ccc(S(=O)(=O)N2CCOCC2)cc1C(=O)NC(C)c1cccc(C(F)(F)F)c1. The van der Waals surface area contributed by atoms with Crippen molar-refractivity contribution in [1.29, 1.82) is 0 Å². The number of halogens is 3. The Bertz CT molecular complexity index is 1060. The smallest absolute Gasteiger partial charge is 0.379 e. The molecule has 6 nitrogen and oxygen atoms in total. The van der Waals surface area contributed by atoms with Crippen molar-refractivity contribution in [2.75, 3.05) is 26.3 Å². The van der Waals surface area contributed by atoms with Crippen LogP contribution in [0.2, 0.25) is 0 Å². The molecule has 3 rings (SSSR count). The lowest BCUT2D eigenvalue weighted by Crippen LogP contribution is -2.40. The van der Waals surface area contributed by atoms with Crippen LogP contribution in [-0.4, -0.2) is 44.9 Å². The number of hydrogen-bond acceptors (Lipinski definition) is 4. The van der Waals surface area contributed by atoms with Gasteiger partial charge in [0.1, 0.15) is 0 Å². The fourth-order valence-electron chi connectivity index (χ4n) is 3.28. The maximum atomic E-state index is 13.0. The van der Waals surface area contributed by atoms with Crippen molar-refractivity contribution in [1.82, 2.24) is 9.62 Å². The Balaban J connectivity index is 1.83. The first kappa shape index (κ1) is 23.2. The van der Waals surface area contributed by atoms with Crippen LogP contribution in [-0.2, 0) is 20.9 Å². The highest BCUT2D eigenvalue weighted by atomic mass is 32.2. The second-order valence-electron chi connectivity index (χ2n) is 7.31. The van der Waals surface area contributed by atoms with Gasteiger partial charge in [-0.2, -0.15) is 17.5 Å². The minimum Gasteiger partial charge on any atom is -0.379 e. The molecule has 1 fully saturated rings. The van der Waals surface area contributed by atoms with E-state index < -0.39 is 33.7 Å². The van der Waals surface area contributed by atoms with Gasteiger partial charge < -0.3 is 10.1 Å². The van der Waals surface area contributed by atoms with Crippen LogP contribution in [0.4, 0.5) is 13.2 Å². The lowest BCUT2D eigenvalue weighted by Gasteiger charge is -2.26. The third-order valence-corrected chi connectivity index (χ3v) is 7.02. The lowest BCUT2D eigenvalue weighted by atomic mass is 10.0. The van der Waals surface area contributed by atoms with E-state index in [-0.39, 0.29) is 29.1 Å². The molecule has 0 spiro atoms. The Morgan fingerprint density at radius 1 is 1.13 bits per heavy atom. The summed E-state index contributed by atoms with van der Waals surface area (Å²) in [5.74, 6) is -0.568. The topological polar surface area (TPSA) is 75.7 Å². The first-order chi connectivity index (χ1) is 14.5. The van der Waals surface area contributed by atoms with Crippen molar-refractivity contribution in [3.8, 4) is 0 Å². The van der Waals surface area contributed by atoms with E-state index in [0.717, 1.165) is 12.1 Å². The summed E-state index contributed by atoms with van der Waals surface area (Å²) >= 11 is 0. The summed E-state index contributed by atoms with van der Waals surface area (Å²) < 4.78 is 71.1. The maximum absolute atomic E-state index is 13.0. The number of nitrogens with one attached hydrogen (secondary N) is 1. The minimum absolute atomic E-state index is 0.0168. The number of ether oxygens (including phenoxy) is 1. The van der Waals surface area contributed by atoms with Crippen LogP contribution in [0, 0.1) is 6.92 Å². The Kier molecular flexibility index (Phi) is 6.73. The number of morpholine rings is 1. The number of amides is 1. The second kappa shape index (κ2) is 8.97. The van der Waals surface area contributed by atoms with E-state index in [0.29, 0.717) is 18.8 Å². The van der Waals surface area contributed by atoms with Gasteiger partial charge in [0.25, 0.3) is 5.91 Å². The number of carbonyl (C=O) groups excluding carboxylic acids is 1. The zero-order valence-corrected chi connectivity index (χ0v) is 17.9. The summed E-state index contributed by atoms with van der Waals surface area (Å²) in [7, 11) is -3.79. The van der Waals surface area contributed by atoms with Crippen LogP contribution in [0.3, 0.4) is 0 Å². The van der Waals surface area contributed by atoms with Gasteiger partial charge >= 0.3 is 6.18 Å². The first-order valence-electron chi connectivity index (χ1n) is 9.67. The molecular formula is C21H23F3N2O4S. The quantitative estimate of drug-likeness (QED) is 0.747. The maximum Gasteiger partial charge on any atom is 0.416 e. The zero-order valence-electron chi connectivity index (χ0n) is 17.1. The van der Waals surface area contributed by atoms with Gasteiger partial charge in [0.05, 0.1) is 29.7 Å². The number of alkyl halides is 3. The summed E-state index contributed by atoms with van der Waals surface area (Å²) in [6, 6.07) is 8.28. The number of benzene rings is 2. The van der Waals surface area contributed by atoms with Crippen LogP contribution < -0.4 is 5.32 Å². The summed E-state index contributed by atoms with van der Waals surface area (Å²) in [6.07, 6.45) is -4.49. The van der Waals surface area contributed by atoms with Gasteiger partial charge in [-0.15, -0.1) is 0 Å². The molecule has 168 valence electrons. The summed E-state index contributed by atoms with van der Waals surface area (Å²) in [4.78, 5) is 12.8. The summed E-state index contributed by atoms with van der Waals surface area (Å²) in [5.41, 5.74) is 0.182. The molecule has 1 saturated heterocycles. The van der Waals surface area contributed by atoms with Crippen LogP contribution in [0.5, 0.6) is 0 Å². The zero-order chi connectivity index (χ0) is 22.8. The Hall–Kier alpha value is -2.43. The van der Waals surface area contributed by atoms with Gasteiger partial charge in [-0.25, -0.2) is 8.42 Å². The average Bonchev–Trinajstić information content (AvgIpc) is 2.74. The molecule has 31 heavy (non-hydrogen) atoms.